The van der Waals surface area contributed by atoms with Crippen LogP contribution in [0.4, 0.5) is 4.79 Å². The van der Waals surface area contributed by atoms with Gasteiger partial charge in [0.2, 0.25) is 5.91 Å². The fourth-order valence-corrected chi connectivity index (χ4v) is 7.25. The van der Waals surface area contributed by atoms with Gasteiger partial charge in [0.25, 0.3) is 0 Å². The van der Waals surface area contributed by atoms with E-state index in [1.165, 1.54) is 24.0 Å². The van der Waals surface area contributed by atoms with Crippen molar-refractivity contribution in [2.75, 3.05) is 26.2 Å². The lowest BCUT2D eigenvalue weighted by atomic mass is 9.73. The number of nitrogens with one attached hydrogen (secondary N) is 1. The highest BCUT2D eigenvalue weighted by Gasteiger charge is 2.49. The van der Waals surface area contributed by atoms with E-state index in [-0.39, 0.29) is 23.5 Å². The number of hydrogen-bond donors (Lipinski definition) is 1. The van der Waals surface area contributed by atoms with E-state index < -0.39 is 0 Å². The number of carbonyl (C=O) groups is 2. The summed E-state index contributed by atoms with van der Waals surface area (Å²) in [4.78, 5) is 29.0. The molecule has 6 nitrogen and oxygen atoms in total. The van der Waals surface area contributed by atoms with Gasteiger partial charge in [-0.2, -0.15) is 0 Å². The molecule has 4 aliphatic rings. The van der Waals surface area contributed by atoms with Gasteiger partial charge < -0.3 is 19.9 Å². The molecule has 2 aliphatic carbocycles. The second-order valence-corrected chi connectivity index (χ2v) is 10.3. The topological polar surface area (TPSA) is 61.9 Å². The quantitative estimate of drug-likeness (QED) is 0.773. The van der Waals surface area contributed by atoms with Crippen LogP contribution in [0.1, 0.15) is 76.0 Å². The van der Waals surface area contributed by atoms with Gasteiger partial charge in [-0.1, -0.05) is 24.3 Å². The van der Waals surface area contributed by atoms with Crippen LogP contribution < -0.4 is 5.32 Å². The summed E-state index contributed by atoms with van der Waals surface area (Å²) in [6.45, 7) is 7.01. The molecule has 4 unspecified atom stereocenters. The van der Waals surface area contributed by atoms with Crippen molar-refractivity contribution in [1.82, 2.24) is 15.1 Å². The highest BCUT2D eigenvalue weighted by Crippen LogP contribution is 2.51. The molecule has 1 aromatic carbocycles. The van der Waals surface area contributed by atoms with E-state index in [0.29, 0.717) is 24.6 Å². The molecule has 0 aromatic heterocycles. The molecule has 2 heterocycles. The first kappa shape index (κ1) is 21.7. The van der Waals surface area contributed by atoms with Gasteiger partial charge in [-0.3, -0.25) is 4.79 Å². The Kier molecular flexibility index (Phi) is 5.91. The molecule has 2 saturated heterocycles. The van der Waals surface area contributed by atoms with Gasteiger partial charge in [-0.25, -0.2) is 4.79 Å². The minimum absolute atomic E-state index is 0.0546. The standard InChI is InChI=1S/C26H37N3O3/c1-3-32-25(31)29-12-6-7-19-15-20(16-24(19)29)28-13-10-26(11-14-28)17-23(27-18(2)30)21-8-4-5-9-22(21)26/h4-5,8-9,19-20,23-24H,3,6-7,10-17H2,1-2H3,(H,27,30). The third kappa shape index (κ3) is 3.81. The average Bonchev–Trinajstić information content (AvgIpc) is 3.34. The highest BCUT2D eigenvalue weighted by molar-refractivity contribution is 5.74. The molecule has 32 heavy (non-hydrogen) atoms. The van der Waals surface area contributed by atoms with Crippen molar-refractivity contribution in [3.05, 3.63) is 35.4 Å². The summed E-state index contributed by atoms with van der Waals surface area (Å²) in [7, 11) is 0. The minimum atomic E-state index is -0.118. The monoisotopic (exact) mass is 439 g/mol. The van der Waals surface area contributed by atoms with Crippen LogP contribution >= 0.6 is 0 Å². The number of nitrogens with zero attached hydrogens (tertiary/aromatic N) is 2. The number of likely N-dealkylation sites (tertiary alicyclic amines) is 2. The number of benzene rings is 1. The van der Waals surface area contributed by atoms with Crippen LogP contribution in [0, 0.1) is 5.92 Å². The van der Waals surface area contributed by atoms with Gasteiger partial charge in [0.1, 0.15) is 0 Å². The second-order valence-electron chi connectivity index (χ2n) is 10.3. The van der Waals surface area contributed by atoms with Crippen molar-refractivity contribution in [3.8, 4) is 0 Å². The van der Waals surface area contributed by atoms with Gasteiger partial charge in [0.15, 0.2) is 0 Å². The Morgan fingerprint density at radius 2 is 1.94 bits per heavy atom. The zero-order chi connectivity index (χ0) is 22.3. The molecule has 0 radical (unpaired) electrons. The van der Waals surface area contributed by atoms with Gasteiger partial charge in [0, 0.05) is 31.0 Å². The van der Waals surface area contributed by atoms with Crippen LogP contribution in [0.3, 0.4) is 0 Å². The van der Waals surface area contributed by atoms with Crippen LogP contribution in [0.15, 0.2) is 24.3 Å². The van der Waals surface area contributed by atoms with Crippen LogP contribution in [-0.4, -0.2) is 60.1 Å². The van der Waals surface area contributed by atoms with Crippen molar-refractivity contribution in [2.24, 2.45) is 5.92 Å². The van der Waals surface area contributed by atoms with Crippen molar-refractivity contribution >= 4 is 12.0 Å². The Labute approximate surface area is 191 Å². The summed E-state index contributed by atoms with van der Waals surface area (Å²) in [5.74, 6) is 0.671. The number of ether oxygens (including phenoxy) is 1. The Morgan fingerprint density at radius 1 is 1.16 bits per heavy atom. The first-order chi connectivity index (χ1) is 15.5. The normalized spacial score (nSPS) is 31.2. The number of rotatable bonds is 3. The minimum Gasteiger partial charge on any atom is -0.450 e. The molecule has 1 saturated carbocycles. The number of carbonyl (C=O) groups excluding carboxylic acids is 2. The summed E-state index contributed by atoms with van der Waals surface area (Å²) >= 11 is 0. The summed E-state index contributed by atoms with van der Waals surface area (Å²) in [5.41, 5.74) is 2.95. The van der Waals surface area contributed by atoms with Crippen LogP contribution in [0.5, 0.6) is 0 Å². The van der Waals surface area contributed by atoms with Crippen molar-refractivity contribution in [2.45, 2.75) is 82.3 Å². The zero-order valence-electron chi connectivity index (χ0n) is 19.5. The lowest BCUT2D eigenvalue weighted by Crippen LogP contribution is -2.48. The molecule has 0 bridgehead atoms. The van der Waals surface area contributed by atoms with Gasteiger partial charge >= 0.3 is 6.09 Å². The molecule has 1 N–H and O–H groups in total. The van der Waals surface area contributed by atoms with Gasteiger partial charge in [-0.05, 0) is 82.0 Å². The number of amides is 2. The molecule has 1 spiro atoms. The summed E-state index contributed by atoms with van der Waals surface area (Å²) < 4.78 is 5.35. The van der Waals surface area contributed by atoms with E-state index in [2.05, 4.69) is 34.5 Å². The molecule has 3 fully saturated rings. The van der Waals surface area contributed by atoms with Crippen molar-refractivity contribution in [1.29, 1.82) is 0 Å². The molecule has 6 heteroatoms. The molecular weight excluding hydrogens is 402 g/mol. The Morgan fingerprint density at radius 3 is 2.69 bits per heavy atom. The molecule has 4 atom stereocenters. The van der Waals surface area contributed by atoms with E-state index >= 15 is 0 Å². The lowest BCUT2D eigenvalue weighted by molar-refractivity contribution is -0.119. The van der Waals surface area contributed by atoms with Crippen molar-refractivity contribution < 1.29 is 14.3 Å². The smallest absolute Gasteiger partial charge is 0.410 e. The van der Waals surface area contributed by atoms with Gasteiger partial charge in [-0.15, -0.1) is 0 Å². The predicted octanol–water partition coefficient (Wildman–Crippen LogP) is 4.00. The first-order valence-corrected chi connectivity index (χ1v) is 12.5. The Hall–Kier alpha value is -2.08. The maximum atomic E-state index is 12.5. The summed E-state index contributed by atoms with van der Waals surface area (Å²) in [6.07, 6.45) is 7.82. The van der Waals surface area contributed by atoms with E-state index in [0.717, 1.165) is 51.7 Å². The fraction of sp³-hybridized carbons (Fsp3) is 0.692. The molecule has 174 valence electrons. The average molecular weight is 440 g/mol. The number of hydrogen-bond acceptors (Lipinski definition) is 4. The molecule has 5 rings (SSSR count). The molecule has 1 aromatic rings. The maximum Gasteiger partial charge on any atom is 0.410 e. The predicted molar refractivity (Wildman–Crippen MR) is 123 cm³/mol. The number of fused-ring (bicyclic) bond motifs is 3. The summed E-state index contributed by atoms with van der Waals surface area (Å²) in [6, 6.07) is 9.78. The van der Waals surface area contributed by atoms with Gasteiger partial charge in [0.05, 0.1) is 12.6 Å². The van der Waals surface area contributed by atoms with E-state index in [1.54, 1.807) is 6.92 Å². The van der Waals surface area contributed by atoms with Crippen LogP contribution in [0.25, 0.3) is 0 Å². The highest BCUT2D eigenvalue weighted by atomic mass is 16.6. The fourth-order valence-electron chi connectivity index (χ4n) is 7.25. The number of piperidine rings is 2. The third-order valence-electron chi connectivity index (χ3n) is 8.66. The van der Waals surface area contributed by atoms with E-state index in [9.17, 15) is 9.59 Å². The van der Waals surface area contributed by atoms with Crippen LogP contribution in [-0.2, 0) is 14.9 Å². The largest absolute Gasteiger partial charge is 0.450 e. The van der Waals surface area contributed by atoms with E-state index in [4.69, 9.17) is 4.74 Å². The maximum absolute atomic E-state index is 12.5. The van der Waals surface area contributed by atoms with Crippen LogP contribution in [0.2, 0.25) is 0 Å². The third-order valence-corrected chi connectivity index (χ3v) is 8.66. The molecule has 2 amide bonds. The van der Waals surface area contributed by atoms with E-state index in [1.807, 2.05) is 11.8 Å². The zero-order valence-corrected chi connectivity index (χ0v) is 19.5. The molecule has 2 aliphatic heterocycles. The SMILES string of the molecule is CCOC(=O)N1CCCC2CC(N3CCC4(CC3)CC(NC(C)=O)c3ccccc34)CC21. The lowest BCUT2D eigenvalue weighted by Gasteiger charge is -2.43. The van der Waals surface area contributed by atoms with Crippen molar-refractivity contribution in [3.63, 3.8) is 0 Å². The summed E-state index contributed by atoms with van der Waals surface area (Å²) in [5, 5.41) is 3.19. The Balaban J connectivity index is 1.26. The first-order valence-electron chi connectivity index (χ1n) is 12.5. The Bertz CT molecular complexity index is 864. The molecular formula is C26H37N3O3. The second kappa shape index (κ2) is 8.69.